The van der Waals surface area contributed by atoms with Crippen molar-refractivity contribution >= 4 is 11.4 Å². The zero-order valence-electron chi connectivity index (χ0n) is 10.9. The van der Waals surface area contributed by atoms with Gasteiger partial charge in [-0.1, -0.05) is 18.2 Å². The Balaban J connectivity index is 2.14. The van der Waals surface area contributed by atoms with Gasteiger partial charge < -0.3 is 15.2 Å². The second-order valence-corrected chi connectivity index (χ2v) is 4.09. The number of nitrogens with zero attached hydrogens (tertiary/aromatic N) is 1. The second kappa shape index (κ2) is 5.92. The van der Waals surface area contributed by atoms with Crippen LogP contribution in [-0.4, -0.2) is 12.0 Å². The Morgan fingerprint density at radius 1 is 1.20 bits per heavy atom. The van der Waals surface area contributed by atoms with E-state index in [9.17, 15) is 10.1 Å². The number of anilines is 1. The Hall–Kier alpha value is -2.76. The number of nitrogens with two attached hydrogens (primary N) is 1. The van der Waals surface area contributed by atoms with Gasteiger partial charge in [0.1, 0.15) is 18.0 Å². The average molecular weight is 274 g/mol. The maximum absolute atomic E-state index is 11.0. The molecule has 0 aliphatic carbocycles. The third-order valence-corrected chi connectivity index (χ3v) is 2.77. The standard InChI is InChI=1S/C14H14N2O4/c1-19-11-7-5-10(6-8-11)9-20-13-4-2-3-12(15)14(13)16(17)18/h2-8H,9,15H2,1H3. The van der Waals surface area contributed by atoms with E-state index in [2.05, 4.69) is 0 Å². The molecular formula is C14H14N2O4. The van der Waals surface area contributed by atoms with Crippen molar-refractivity contribution in [1.29, 1.82) is 0 Å². The number of rotatable bonds is 5. The number of hydrogen-bond acceptors (Lipinski definition) is 5. The monoisotopic (exact) mass is 274 g/mol. The maximum Gasteiger partial charge on any atom is 0.333 e. The molecule has 0 fully saturated rings. The Morgan fingerprint density at radius 2 is 1.90 bits per heavy atom. The van der Waals surface area contributed by atoms with Crippen LogP contribution in [0.3, 0.4) is 0 Å². The Labute approximate surface area is 115 Å². The fourth-order valence-corrected chi connectivity index (χ4v) is 1.73. The van der Waals surface area contributed by atoms with Gasteiger partial charge in [0.2, 0.25) is 0 Å². The Bertz CT molecular complexity index is 611. The van der Waals surface area contributed by atoms with Crippen LogP contribution in [-0.2, 0) is 6.61 Å². The number of nitro groups is 1. The van der Waals surface area contributed by atoms with Crippen molar-refractivity contribution in [2.45, 2.75) is 6.61 Å². The molecule has 0 radical (unpaired) electrons. The minimum absolute atomic E-state index is 0.0854. The van der Waals surface area contributed by atoms with Gasteiger partial charge >= 0.3 is 5.69 Å². The van der Waals surface area contributed by atoms with Crippen LogP contribution >= 0.6 is 0 Å². The van der Waals surface area contributed by atoms with Crippen molar-refractivity contribution in [2.24, 2.45) is 0 Å². The first-order valence-corrected chi connectivity index (χ1v) is 5.90. The number of ether oxygens (including phenoxy) is 2. The van der Waals surface area contributed by atoms with E-state index in [1.54, 1.807) is 25.3 Å². The van der Waals surface area contributed by atoms with Gasteiger partial charge in [0.25, 0.3) is 0 Å². The number of para-hydroxylation sites is 1. The Morgan fingerprint density at radius 3 is 2.50 bits per heavy atom. The molecule has 0 amide bonds. The molecule has 0 saturated carbocycles. The average Bonchev–Trinajstić information content (AvgIpc) is 2.45. The van der Waals surface area contributed by atoms with Crippen molar-refractivity contribution < 1.29 is 14.4 Å². The molecule has 104 valence electrons. The molecule has 2 N–H and O–H groups in total. The summed E-state index contributed by atoms with van der Waals surface area (Å²) in [6, 6.07) is 11.9. The highest BCUT2D eigenvalue weighted by Gasteiger charge is 2.18. The van der Waals surface area contributed by atoms with Crippen molar-refractivity contribution in [1.82, 2.24) is 0 Å². The van der Waals surface area contributed by atoms with E-state index < -0.39 is 4.92 Å². The Kier molecular flexibility index (Phi) is 4.05. The SMILES string of the molecule is COc1ccc(COc2cccc(N)c2[N+](=O)[O-])cc1. The van der Waals surface area contributed by atoms with E-state index in [-0.39, 0.29) is 23.7 Å². The molecule has 0 unspecified atom stereocenters. The quantitative estimate of drug-likeness (QED) is 0.514. The number of nitrogen functional groups attached to an aromatic ring is 1. The molecule has 0 aromatic heterocycles. The maximum atomic E-state index is 11.0. The molecular weight excluding hydrogens is 260 g/mol. The summed E-state index contributed by atoms with van der Waals surface area (Å²) in [6.07, 6.45) is 0. The largest absolute Gasteiger partial charge is 0.497 e. The molecule has 0 aliphatic rings. The smallest absolute Gasteiger partial charge is 0.333 e. The van der Waals surface area contributed by atoms with Gasteiger partial charge in [0, 0.05) is 0 Å². The van der Waals surface area contributed by atoms with Crippen LogP contribution < -0.4 is 15.2 Å². The van der Waals surface area contributed by atoms with Crippen LogP contribution in [0.1, 0.15) is 5.56 Å². The molecule has 0 bridgehead atoms. The van der Waals surface area contributed by atoms with Gasteiger partial charge in [-0.05, 0) is 29.8 Å². The zero-order valence-corrected chi connectivity index (χ0v) is 10.9. The van der Waals surface area contributed by atoms with E-state index in [1.807, 2.05) is 12.1 Å². The van der Waals surface area contributed by atoms with Crippen LogP contribution in [0.25, 0.3) is 0 Å². The van der Waals surface area contributed by atoms with Crippen LogP contribution in [0.5, 0.6) is 11.5 Å². The topological polar surface area (TPSA) is 87.6 Å². The summed E-state index contributed by atoms with van der Waals surface area (Å²) < 4.78 is 10.5. The molecule has 0 spiro atoms. The molecule has 2 rings (SSSR count). The first-order valence-electron chi connectivity index (χ1n) is 5.90. The van der Waals surface area contributed by atoms with Gasteiger partial charge in [-0.25, -0.2) is 0 Å². The first-order chi connectivity index (χ1) is 9.61. The van der Waals surface area contributed by atoms with E-state index in [1.165, 1.54) is 12.1 Å². The molecule has 2 aromatic carbocycles. The highest BCUT2D eigenvalue weighted by molar-refractivity contribution is 5.65. The summed E-state index contributed by atoms with van der Waals surface area (Å²) in [4.78, 5) is 10.4. The first kappa shape index (κ1) is 13.7. The minimum atomic E-state index is -0.543. The van der Waals surface area contributed by atoms with Gasteiger partial charge in [-0.15, -0.1) is 0 Å². The van der Waals surface area contributed by atoms with Crippen molar-refractivity contribution in [3.63, 3.8) is 0 Å². The summed E-state index contributed by atoms with van der Waals surface area (Å²) in [7, 11) is 1.58. The predicted molar refractivity (Wildman–Crippen MR) is 74.8 cm³/mol. The van der Waals surface area contributed by atoms with E-state index in [4.69, 9.17) is 15.2 Å². The van der Waals surface area contributed by atoms with Gasteiger partial charge in [-0.3, -0.25) is 10.1 Å². The highest BCUT2D eigenvalue weighted by atomic mass is 16.6. The van der Waals surface area contributed by atoms with Crippen molar-refractivity contribution in [3.05, 3.63) is 58.1 Å². The third kappa shape index (κ3) is 2.97. The lowest BCUT2D eigenvalue weighted by Crippen LogP contribution is -2.01. The van der Waals surface area contributed by atoms with E-state index >= 15 is 0 Å². The summed E-state index contributed by atoms with van der Waals surface area (Å²) >= 11 is 0. The molecule has 2 aromatic rings. The molecule has 20 heavy (non-hydrogen) atoms. The normalized spacial score (nSPS) is 10.1. The lowest BCUT2D eigenvalue weighted by molar-refractivity contribution is -0.385. The molecule has 0 aliphatic heterocycles. The highest BCUT2D eigenvalue weighted by Crippen LogP contribution is 2.33. The lowest BCUT2D eigenvalue weighted by atomic mass is 10.2. The summed E-state index contributed by atoms with van der Waals surface area (Å²) in [5.41, 5.74) is 6.35. The number of benzene rings is 2. The minimum Gasteiger partial charge on any atom is -0.497 e. The number of hydrogen-bond donors (Lipinski definition) is 1. The fourth-order valence-electron chi connectivity index (χ4n) is 1.73. The number of methoxy groups -OCH3 is 1. The predicted octanol–water partition coefficient (Wildman–Crippen LogP) is 2.76. The van der Waals surface area contributed by atoms with E-state index in [0.29, 0.717) is 0 Å². The van der Waals surface area contributed by atoms with Crippen molar-refractivity contribution in [2.75, 3.05) is 12.8 Å². The summed E-state index contributed by atoms with van der Waals surface area (Å²) in [5.74, 6) is 0.898. The lowest BCUT2D eigenvalue weighted by Gasteiger charge is -2.08. The van der Waals surface area contributed by atoms with Crippen molar-refractivity contribution in [3.8, 4) is 11.5 Å². The number of nitro benzene ring substituents is 1. The van der Waals surface area contributed by atoms with Crippen LogP contribution in [0.2, 0.25) is 0 Å². The second-order valence-electron chi connectivity index (χ2n) is 4.09. The van der Waals surface area contributed by atoms with E-state index in [0.717, 1.165) is 11.3 Å². The molecule has 0 atom stereocenters. The van der Waals surface area contributed by atoms with Gasteiger partial charge in [0.05, 0.1) is 12.0 Å². The molecule has 6 nitrogen and oxygen atoms in total. The fraction of sp³-hybridized carbons (Fsp3) is 0.143. The van der Waals surface area contributed by atoms with Crippen LogP contribution in [0.4, 0.5) is 11.4 Å². The molecule has 6 heteroatoms. The third-order valence-electron chi connectivity index (χ3n) is 2.77. The zero-order chi connectivity index (χ0) is 14.5. The van der Waals surface area contributed by atoms with Gasteiger partial charge in [0.15, 0.2) is 5.75 Å². The van der Waals surface area contributed by atoms with Gasteiger partial charge in [-0.2, -0.15) is 0 Å². The van der Waals surface area contributed by atoms with Crippen LogP contribution in [0, 0.1) is 10.1 Å². The molecule has 0 saturated heterocycles. The summed E-state index contributed by atoms with van der Waals surface area (Å²) in [6.45, 7) is 0.217. The molecule has 0 heterocycles. The van der Waals surface area contributed by atoms with Crippen LogP contribution in [0.15, 0.2) is 42.5 Å². The summed E-state index contributed by atoms with van der Waals surface area (Å²) in [5, 5.41) is 11.0.